The van der Waals surface area contributed by atoms with Crippen molar-refractivity contribution in [3.8, 4) is 0 Å². The number of aryl methyl sites for hydroxylation is 2. The molecular weight excluding hydrogens is 314 g/mol. The fourth-order valence-corrected chi connectivity index (χ4v) is 6.11. The van der Waals surface area contributed by atoms with E-state index < -0.39 is 37.8 Å². The summed E-state index contributed by atoms with van der Waals surface area (Å²) in [7, 11) is -5.94. The van der Waals surface area contributed by atoms with E-state index in [1.54, 1.807) is 26.0 Å². The lowest BCUT2D eigenvalue weighted by atomic mass is 10.2. The Bertz CT molecular complexity index is 755. The van der Waals surface area contributed by atoms with E-state index in [0.29, 0.717) is 5.56 Å². The second-order valence-corrected chi connectivity index (χ2v) is 9.62. The van der Waals surface area contributed by atoms with E-state index in [-0.39, 0.29) is 10.6 Å². The Morgan fingerprint density at radius 1 is 1.24 bits per heavy atom. The molecule has 1 aliphatic heterocycles. The molecule has 1 saturated heterocycles. The molecule has 1 fully saturated rings. The van der Waals surface area contributed by atoms with Crippen LogP contribution >= 0.6 is 0 Å². The van der Waals surface area contributed by atoms with E-state index in [1.807, 2.05) is 6.07 Å². The number of nitrogens with zero attached hydrogens (tertiary/aromatic N) is 1. The average Bonchev–Trinajstić information content (AvgIpc) is 2.64. The molecule has 0 bridgehead atoms. The van der Waals surface area contributed by atoms with Gasteiger partial charge in [-0.3, -0.25) is 0 Å². The van der Waals surface area contributed by atoms with Crippen molar-refractivity contribution in [1.82, 2.24) is 4.31 Å². The molecule has 0 spiro atoms. The molecule has 0 saturated carbocycles. The number of likely N-dealkylation sites (N-methyl/N-ethyl adjacent to an activating group) is 1. The molecule has 2 atom stereocenters. The maximum atomic E-state index is 12.7. The largest absolute Gasteiger partial charge is 0.390 e. The van der Waals surface area contributed by atoms with Crippen LogP contribution in [0.4, 0.5) is 0 Å². The molecule has 1 aromatic carbocycles. The summed E-state index contributed by atoms with van der Waals surface area (Å²) in [4.78, 5) is 0.140. The Morgan fingerprint density at radius 3 is 2.38 bits per heavy atom. The van der Waals surface area contributed by atoms with Gasteiger partial charge in [0.2, 0.25) is 10.0 Å². The third kappa shape index (κ3) is 3.13. The second-order valence-electron chi connectivity index (χ2n) is 5.50. The van der Waals surface area contributed by atoms with E-state index in [2.05, 4.69) is 0 Å². The van der Waals surface area contributed by atoms with Crippen molar-refractivity contribution in [2.45, 2.75) is 30.9 Å². The highest BCUT2D eigenvalue weighted by Gasteiger charge is 2.43. The van der Waals surface area contributed by atoms with Gasteiger partial charge in [0.25, 0.3) is 0 Å². The summed E-state index contributed by atoms with van der Waals surface area (Å²) >= 11 is 0. The van der Waals surface area contributed by atoms with Crippen molar-refractivity contribution in [1.29, 1.82) is 0 Å². The van der Waals surface area contributed by atoms with Crippen molar-refractivity contribution < 1.29 is 21.9 Å². The van der Waals surface area contributed by atoms with Gasteiger partial charge < -0.3 is 5.11 Å². The zero-order chi connectivity index (χ0) is 16.0. The first kappa shape index (κ1) is 16.4. The first-order chi connectivity index (χ1) is 9.54. The number of hydrogen-bond acceptors (Lipinski definition) is 5. The molecule has 0 aliphatic carbocycles. The molecule has 6 nitrogen and oxygen atoms in total. The SMILES string of the molecule is Cc1ccc(C)c(S(=O)(=O)N(C)[C@H]2CS(=O)(=O)C[C@@H]2O)c1. The van der Waals surface area contributed by atoms with Crippen molar-refractivity contribution >= 4 is 19.9 Å². The van der Waals surface area contributed by atoms with Crippen LogP contribution in [0.25, 0.3) is 0 Å². The molecular formula is C13H19NO5S2. The topological polar surface area (TPSA) is 91.8 Å². The second kappa shape index (κ2) is 5.35. The van der Waals surface area contributed by atoms with Gasteiger partial charge in [0.05, 0.1) is 28.5 Å². The average molecular weight is 333 g/mol. The van der Waals surface area contributed by atoms with Crippen molar-refractivity contribution in [2.75, 3.05) is 18.6 Å². The normalized spacial score (nSPS) is 25.4. The minimum Gasteiger partial charge on any atom is -0.390 e. The third-order valence-corrected chi connectivity index (χ3v) is 7.48. The summed E-state index contributed by atoms with van der Waals surface area (Å²) in [6.45, 7) is 3.47. The third-order valence-electron chi connectivity index (χ3n) is 3.76. The molecule has 1 N–H and O–H groups in total. The van der Waals surface area contributed by atoms with Crippen molar-refractivity contribution in [3.63, 3.8) is 0 Å². The molecule has 0 aromatic heterocycles. The van der Waals surface area contributed by atoms with Gasteiger partial charge in [-0.1, -0.05) is 12.1 Å². The first-order valence-electron chi connectivity index (χ1n) is 6.48. The molecule has 118 valence electrons. The quantitative estimate of drug-likeness (QED) is 0.846. The maximum absolute atomic E-state index is 12.7. The Balaban J connectivity index is 2.42. The lowest BCUT2D eigenvalue weighted by Crippen LogP contribution is -2.44. The number of hydrogen-bond donors (Lipinski definition) is 1. The summed E-state index contributed by atoms with van der Waals surface area (Å²) in [5.74, 6) is -0.751. The summed E-state index contributed by atoms with van der Waals surface area (Å²) in [5.41, 5.74) is 1.38. The van der Waals surface area contributed by atoms with Gasteiger partial charge in [-0.2, -0.15) is 4.31 Å². The van der Waals surface area contributed by atoms with Gasteiger partial charge >= 0.3 is 0 Å². The Morgan fingerprint density at radius 2 is 1.86 bits per heavy atom. The smallest absolute Gasteiger partial charge is 0.243 e. The van der Waals surface area contributed by atoms with Gasteiger partial charge in [-0.15, -0.1) is 0 Å². The highest BCUT2D eigenvalue weighted by Crippen LogP contribution is 2.26. The number of sulfone groups is 1. The number of benzene rings is 1. The van der Waals surface area contributed by atoms with Gasteiger partial charge in [-0.25, -0.2) is 16.8 Å². The Labute approximate surface area is 125 Å². The summed E-state index contributed by atoms with van der Waals surface area (Å²) in [5, 5.41) is 9.84. The van der Waals surface area contributed by atoms with E-state index in [1.165, 1.54) is 7.05 Å². The van der Waals surface area contributed by atoms with Crippen molar-refractivity contribution in [3.05, 3.63) is 29.3 Å². The predicted molar refractivity (Wildman–Crippen MR) is 79.3 cm³/mol. The highest BCUT2D eigenvalue weighted by molar-refractivity contribution is 7.92. The van der Waals surface area contributed by atoms with Crippen LogP contribution in [0.5, 0.6) is 0 Å². The Kier molecular flexibility index (Phi) is 4.18. The monoisotopic (exact) mass is 333 g/mol. The summed E-state index contributed by atoms with van der Waals surface area (Å²) < 4.78 is 49.4. The minimum atomic E-state index is -3.85. The fraction of sp³-hybridized carbons (Fsp3) is 0.538. The zero-order valence-corrected chi connectivity index (χ0v) is 13.8. The molecule has 1 aliphatic rings. The van der Waals surface area contributed by atoms with Crippen LogP contribution in [-0.4, -0.2) is 56.9 Å². The fourth-order valence-electron chi connectivity index (χ4n) is 2.48. The molecule has 0 amide bonds. The van der Waals surface area contributed by atoms with Gasteiger partial charge in [0.15, 0.2) is 9.84 Å². The molecule has 1 aromatic rings. The standard InChI is InChI=1S/C13H19NO5S2/c1-9-4-5-10(2)13(6-9)21(18,19)14(3)11-7-20(16,17)8-12(11)15/h4-6,11-12,15H,7-8H2,1-3H3/t11-,12-/m0/s1. The minimum absolute atomic E-state index is 0.140. The predicted octanol–water partition coefficient (Wildman–Crippen LogP) is 0.0818. The van der Waals surface area contributed by atoms with Crippen LogP contribution in [-0.2, 0) is 19.9 Å². The van der Waals surface area contributed by atoms with Crippen LogP contribution < -0.4 is 0 Å². The van der Waals surface area contributed by atoms with Crippen LogP contribution in [0.2, 0.25) is 0 Å². The molecule has 8 heteroatoms. The molecule has 2 rings (SSSR count). The van der Waals surface area contributed by atoms with Gasteiger partial charge in [0, 0.05) is 7.05 Å². The summed E-state index contributed by atoms with van der Waals surface area (Å²) in [6, 6.07) is 4.12. The summed E-state index contributed by atoms with van der Waals surface area (Å²) in [6.07, 6.45) is -1.19. The zero-order valence-electron chi connectivity index (χ0n) is 12.1. The molecule has 0 unspecified atom stereocenters. The van der Waals surface area contributed by atoms with E-state index >= 15 is 0 Å². The first-order valence-corrected chi connectivity index (χ1v) is 9.74. The lowest BCUT2D eigenvalue weighted by molar-refractivity contribution is 0.137. The van der Waals surface area contributed by atoms with E-state index in [4.69, 9.17) is 0 Å². The maximum Gasteiger partial charge on any atom is 0.243 e. The molecule has 0 radical (unpaired) electrons. The number of aliphatic hydroxyl groups is 1. The number of rotatable bonds is 3. The van der Waals surface area contributed by atoms with Gasteiger partial charge in [0.1, 0.15) is 0 Å². The molecule has 21 heavy (non-hydrogen) atoms. The lowest BCUT2D eigenvalue weighted by Gasteiger charge is -2.26. The molecule has 1 heterocycles. The van der Waals surface area contributed by atoms with E-state index in [0.717, 1.165) is 9.87 Å². The van der Waals surface area contributed by atoms with Crippen LogP contribution in [0.3, 0.4) is 0 Å². The number of sulfonamides is 1. The van der Waals surface area contributed by atoms with Crippen LogP contribution in [0.15, 0.2) is 23.1 Å². The highest BCUT2D eigenvalue weighted by atomic mass is 32.2. The van der Waals surface area contributed by atoms with Crippen molar-refractivity contribution in [2.24, 2.45) is 0 Å². The van der Waals surface area contributed by atoms with Crippen LogP contribution in [0.1, 0.15) is 11.1 Å². The van der Waals surface area contributed by atoms with Crippen LogP contribution in [0, 0.1) is 13.8 Å². The Hall–Kier alpha value is -0.960. The van der Waals surface area contributed by atoms with Gasteiger partial charge in [-0.05, 0) is 31.0 Å². The van der Waals surface area contributed by atoms with E-state index in [9.17, 15) is 21.9 Å². The number of aliphatic hydroxyl groups excluding tert-OH is 1.